The molecule has 0 unspecified atom stereocenters. The molecule has 2 aromatic carbocycles. The molecule has 0 aromatic heterocycles. The number of ether oxygens (including phenoxy) is 5. The molecule has 0 spiro atoms. The van der Waals surface area contributed by atoms with Crippen LogP contribution >= 0.6 is 0 Å². The fourth-order valence-electron chi connectivity index (χ4n) is 3.92. The minimum absolute atomic E-state index is 0.0814. The fraction of sp³-hybridized carbons (Fsp3) is 0.409. The second-order valence-electron chi connectivity index (χ2n) is 7.44. The topological polar surface area (TPSA) is 75.3 Å². The van der Waals surface area contributed by atoms with E-state index in [1.807, 2.05) is 18.2 Å². The molecule has 7 nitrogen and oxygen atoms in total. The van der Waals surface area contributed by atoms with Gasteiger partial charge in [-0.1, -0.05) is 0 Å². The maximum atomic E-state index is 12.6. The maximum absolute atomic E-state index is 12.6. The Bertz CT molecular complexity index is 906. The Morgan fingerprint density at radius 1 is 0.828 bits per heavy atom. The van der Waals surface area contributed by atoms with Gasteiger partial charge in [-0.2, -0.15) is 0 Å². The van der Waals surface area contributed by atoms with Crippen LogP contribution in [0.3, 0.4) is 0 Å². The number of fused-ring (bicyclic) bond motifs is 2. The molecule has 2 aliphatic heterocycles. The molecule has 5 rings (SSSR count). The van der Waals surface area contributed by atoms with E-state index in [0.717, 1.165) is 42.9 Å². The van der Waals surface area contributed by atoms with Crippen molar-refractivity contribution in [3.63, 3.8) is 0 Å². The number of hydrogen-bond donors (Lipinski definition) is 1. The SMILES string of the molecule is O=C(NC1CCC(Oc2ccc3c(c2)OCO3)CC1)c1ccc2c(c1)OCCO2. The molecule has 2 heterocycles. The molecule has 1 fully saturated rings. The van der Waals surface area contributed by atoms with Crippen LogP contribution in [0.1, 0.15) is 36.0 Å². The summed E-state index contributed by atoms with van der Waals surface area (Å²) in [5.41, 5.74) is 0.591. The first-order valence-corrected chi connectivity index (χ1v) is 10.0. The Morgan fingerprint density at radius 2 is 1.52 bits per heavy atom. The first-order valence-electron chi connectivity index (χ1n) is 10.0. The summed E-state index contributed by atoms with van der Waals surface area (Å²) < 4.78 is 27.9. The summed E-state index contributed by atoms with van der Waals surface area (Å²) in [5, 5.41) is 3.13. The number of hydrogen-bond acceptors (Lipinski definition) is 6. The largest absolute Gasteiger partial charge is 0.490 e. The monoisotopic (exact) mass is 397 g/mol. The predicted octanol–water partition coefficient (Wildman–Crippen LogP) is 3.31. The van der Waals surface area contributed by atoms with Gasteiger partial charge in [-0.3, -0.25) is 4.79 Å². The Hall–Kier alpha value is -3.09. The van der Waals surface area contributed by atoms with Gasteiger partial charge in [-0.25, -0.2) is 0 Å². The van der Waals surface area contributed by atoms with Crippen molar-refractivity contribution in [1.29, 1.82) is 0 Å². The summed E-state index contributed by atoms with van der Waals surface area (Å²) >= 11 is 0. The number of amides is 1. The van der Waals surface area contributed by atoms with Gasteiger partial charge in [0, 0.05) is 17.7 Å². The van der Waals surface area contributed by atoms with Crippen molar-refractivity contribution in [3.05, 3.63) is 42.0 Å². The lowest BCUT2D eigenvalue weighted by Crippen LogP contribution is -2.39. The van der Waals surface area contributed by atoms with Gasteiger partial charge >= 0.3 is 0 Å². The highest BCUT2D eigenvalue weighted by molar-refractivity contribution is 5.95. The molecule has 29 heavy (non-hydrogen) atoms. The Morgan fingerprint density at radius 3 is 2.38 bits per heavy atom. The molecule has 1 amide bonds. The number of carbonyl (C=O) groups is 1. The average molecular weight is 397 g/mol. The maximum Gasteiger partial charge on any atom is 0.251 e. The van der Waals surface area contributed by atoms with Crippen LogP contribution < -0.4 is 29.0 Å². The molecule has 0 atom stereocenters. The summed E-state index contributed by atoms with van der Waals surface area (Å²) in [6.45, 7) is 1.30. The molecule has 7 heteroatoms. The van der Waals surface area contributed by atoms with E-state index in [0.29, 0.717) is 30.3 Å². The van der Waals surface area contributed by atoms with E-state index in [1.54, 1.807) is 18.2 Å². The van der Waals surface area contributed by atoms with Crippen molar-refractivity contribution >= 4 is 5.91 Å². The van der Waals surface area contributed by atoms with Gasteiger partial charge in [0.2, 0.25) is 6.79 Å². The Labute approximate surface area is 168 Å². The third-order valence-corrected chi connectivity index (χ3v) is 5.46. The summed E-state index contributed by atoms with van der Waals surface area (Å²) in [6.07, 6.45) is 3.68. The second kappa shape index (κ2) is 7.73. The molecule has 1 aliphatic carbocycles. The summed E-state index contributed by atoms with van der Waals surface area (Å²) in [6, 6.07) is 11.1. The molecular weight excluding hydrogens is 374 g/mol. The Balaban J connectivity index is 1.13. The average Bonchev–Trinajstić information content (AvgIpc) is 3.23. The van der Waals surface area contributed by atoms with Crippen LogP contribution in [0, 0.1) is 0 Å². The van der Waals surface area contributed by atoms with Crippen molar-refractivity contribution in [3.8, 4) is 28.7 Å². The van der Waals surface area contributed by atoms with E-state index in [2.05, 4.69) is 5.32 Å². The van der Waals surface area contributed by atoms with Crippen molar-refractivity contribution in [2.75, 3.05) is 20.0 Å². The first kappa shape index (κ1) is 18.0. The molecular formula is C22H23NO6. The van der Waals surface area contributed by atoms with Crippen LogP contribution in [-0.4, -0.2) is 38.1 Å². The highest BCUT2D eigenvalue weighted by Crippen LogP contribution is 2.36. The third-order valence-electron chi connectivity index (χ3n) is 5.46. The van der Waals surface area contributed by atoms with E-state index in [-0.39, 0.29) is 24.8 Å². The normalized spacial score (nSPS) is 22.1. The molecule has 1 N–H and O–H groups in total. The lowest BCUT2D eigenvalue weighted by Gasteiger charge is -2.29. The van der Waals surface area contributed by atoms with Crippen LogP contribution in [0.4, 0.5) is 0 Å². The molecule has 2 aromatic rings. The standard InChI is InChI=1S/C22H23NO6/c24-22(14-1-7-18-20(11-14)26-10-9-25-18)23-15-2-4-16(5-3-15)29-17-6-8-19-21(12-17)28-13-27-19/h1,6-8,11-12,15-16H,2-5,9-10,13H2,(H,23,24). The number of rotatable bonds is 4. The first-order chi connectivity index (χ1) is 14.2. The van der Waals surface area contributed by atoms with E-state index < -0.39 is 0 Å². The van der Waals surface area contributed by atoms with E-state index in [1.165, 1.54) is 0 Å². The van der Waals surface area contributed by atoms with Crippen molar-refractivity contribution < 1.29 is 28.5 Å². The second-order valence-corrected chi connectivity index (χ2v) is 7.44. The lowest BCUT2D eigenvalue weighted by molar-refractivity contribution is 0.0892. The van der Waals surface area contributed by atoms with Crippen molar-refractivity contribution in [2.24, 2.45) is 0 Å². The van der Waals surface area contributed by atoms with Gasteiger partial charge in [0.1, 0.15) is 19.0 Å². The summed E-state index contributed by atoms with van der Waals surface area (Å²) in [7, 11) is 0. The van der Waals surface area contributed by atoms with Crippen LogP contribution in [-0.2, 0) is 0 Å². The fourth-order valence-corrected chi connectivity index (χ4v) is 3.92. The van der Waals surface area contributed by atoms with Crippen LogP contribution in [0.5, 0.6) is 28.7 Å². The summed E-state index contributed by atoms with van der Waals surface area (Å²) in [5.74, 6) is 3.50. The number of benzene rings is 2. The zero-order chi connectivity index (χ0) is 19.6. The van der Waals surface area contributed by atoms with Gasteiger partial charge in [-0.05, 0) is 56.0 Å². The van der Waals surface area contributed by atoms with Crippen LogP contribution in [0.25, 0.3) is 0 Å². The van der Waals surface area contributed by atoms with Crippen molar-refractivity contribution in [1.82, 2.24) is 5.32 Å². The molecule has 0 radical (unpaired) electrons. The van der Waals surface area contributed by atoms with Gasteiger partial charge in [0.25, 0.3) is 5.91 Å². The minimum Gasteiger partial charge on any atom is -0.490 e. The van der Waals surface area contributed by atoms with Gasteiger partial charge < -0.3 is 29.0 Å². The van der Waals surface area contributed by atoms with Gasteiger partial charge in [-0.15, -0.1) is 0 Å². The van der Waals surface area contributed by atoms with Crippen molar-refractivity contribution in [2.45, 2.75) is 37.8 Å². The van der Waals surface area contributed by atoms with E-state index in [4.69, 9.17) is 23.7 Å². The predicted molar refractivity (Wildman–Crippen MR) is 104 cm³/mol. The summed E-state index contributed by atoms with van der Waals surface area (Å²) in [4.78, 5) is 12.6. The van der Waals surface area contributed by atoms with E-state index >= 15 is 0 Å². The third kappa shape index (κ3) is 3.90. The number of nitrogens with one attached hydrogen (secondary N) is 1. The molecule has 0 bridgehead atoms. The molecule has 1 saturated carbocycles. The van der Waals surface area contributed by atoms with Crippen LogP contribution in [0.15, 0.2) is 36.4 Å². The van der Waals surface area contributed by atoms with E-state index in [9.17, 15) is 4.79 Å². The molecule has 0 saturated heterocycles. The van der Waals surface area contributed by atoms with Gasteiger partial charge in [0.05, 0.1) is 6.10 Å². The molecule has 152 valence electrons. The highest BCUT2D eigenvalue weighted by Gasteiger charge is 2.25. The van der Waals surface area contributed by atoms with Crippen LogP contribution in [0.2, 0.25) is 0 Å². The smallest absolute Gasteiger partial charge is 0.251 e. The molecule has 3 aliphatic rings. The lowest BCUT2D eigenvalue weighted by atomic mass is 9.92. The minimum atomic E-state index is -0.0814. The zero-order valence-electron chi connectivity index (χ0n) is 16.0. The zero-order valence-corrected chi connectivity index (χ0v) is 16.0. The quantitative estimate of drug-likeness (QED) is 0.853. The van der Waals surface area contributed by atoms with Gasteiger partial charge in [0.15, 0.2) is 23.0 Å². The highest BCUT2D eigenvalue weighted by atomic mass is 16.7. The number of carbonyl (C=O) groups excluding carboxylic acids is 1. The Kier molecular flexibility index (Phi) is 4.79.